The van der Waals surface area contributed by atoms with Crippen LogP contribution in [0.2, 0.25) is 0 Å². The van der Waals surface area contributed by atoms with Crippen molar-refractivity contribution in [1.82, 2.24) is 10.6 Å². The Bertz CT molecular complexity index is 388. The van der Waals surface area contributed by atoms with E-state index < -0.39 is 0 Å². The second-order valence-corrected chi connectivity index (χ2v) is 6.02. The monoisotopic (exact) mass is 407 g/mol. The van der Waals surface area contributed by atoms with Crippen molar-refractivity contribution in [2.24, 2.45) is 16.8 Å². The van der Waals surface area contributed by atoms with Crippen LogP contribution in [0.15, 0.2) is 27.8 Å². The van der Waals surface area contributed by atoms with Gasteiger partial charge in [-0.2, -0.15) is 0 Å². The molecule has 0 aliphatic carbocycles. The van der Waals surface area contributed by atoms with E-state index in [2.05, 4.69) is 50.2 Å². The van der Waals surface area contributed by atoms with Gasteiger partial charge in [0.1, 0.15) is 5.76 Å². The minimum absolute atomic E-state index is 0. The molecule has 0 aliphatic heterocycles. The molecule has 2 N–H and O–H groups in total. The summed E-state index contributed by atoms with van der Waals surface area (Å²) in [6.45, 7) is 12.6. The fourth-order valence-corrected chi connectivity index (χ4v) is 1.57. The first kappa shape index (κ1) is 20.3. The number of hydrogen-bond acceptors (Lipinski definition) is 2. The predicted octanol–water partition coefficient (Wildman–Crippen LogP) is 3.68. The Balaban J connectivity index is 0.00000400. The predicted molar refractivity (Wildman–Crippen MR) is 100 cm³/mol. The summed E-state index contributed by atoms with van der Waals surface area (Å²) in [5.74, 6) is 3.03. The highest BCUT2D eigenvalue weighted by Gasteiger charge is 2.09. The highest BCUT2D eigenvalue weighted by molar-refractivity contribution is 14.0. The Kier molecular flexibility index (Phi) is 10.6. The van der Waals surface area contributed by atoms with Crippen LogP contribution in [-0.2, 0) is 6.42 Å². The maximum Gasteiger partial charge on any atom is 0.191 e. The van der Waals surface area contributed by atoms with Gasteiger partial charge >= 0.3 is 0 Å². The van der Waals surface area contributed by atoms with Gasteiger partial charge in [0.2, 0.25) is 0 Å². The minimum Gasteiger partial charge on any atom is -0.469 e. The molecule has 1 heterocycles. The Hall–Kier alpha value is -0.720. The molecule has 5 heteroatoms. The zero-order chi connectivity index (χ0) is 15.0. The van der Waals surface area contributed by atoms with Gasteiger partial charge in [-0.05, 0) is 30.9 Å². The largest absolute Gasteiger partial charge is 0.469 e. The third-order valence-electron chi connectivity index (χ3n) is 3.22. The normalized spacial score (nSPS) is 13.2. The molecule has 1 aromatic rings. The quantitative estimate of drug-likeness (QED) is 0.412. The SMILES string of the molecule is CC(C)CN=C(NCCc1ccco1)NC(C)C(C)C.I. The highest BCUT2D eigenvalue weighted by atomic mass is 127. The third kappa shape index (κ3) is 9.01. The van der Waals surface area contributed by atoms with Crippen LogP contribution < -0.4 is 10.6 Å². The van der Waals surface area contributed by atoms with E-state index in [1.807, 2.05) is 12.1 Å². The van der Waals surface area contributed by atoms with Crippen molar-refractivity contribution < 1.29 is 4.42 Å². The van der Waals surface area contributed by atoms with Gasteiger partial charge in [-0.1, -0.05) is 27.7 Å². The van der Waals surface area contributed by atoms with Gasteiger partial charge in [0.05, 0.1) is 6.26 Å². The summed E-state index contributed by atoms with van der Waals surface area (Å²) >= 11 is 0. The summed E-state index contributed by atoms with van der Waals surface area (Å²) in [6, 6.07) is 4.32. The summed E-state index contributed by atoms with van der Waals surface area (Å²) in [5, 5.41) is 6.84. The van der Waals surface area contributed by atoms with Crippen LogP contribution in [0.1, 0.15) is 40.4 Å². The van der Waals surface area contributed by atoms with Gasteiger partial charge in [-0.15, -0.1) is 24.0 Å². The molecule has 0 saturated heterocycles. The Labute approximate surface area is 146 Å². The molecule has 0 amide bonds. The fourth-order valence-electron chi connectivity index (χ4n) is 1.57. The zero-order valence-corrected chi connectivity index (χ0v) is 16.2. The molecule has 4 nitrogen and oxygen atoms in total. The van der Waals surface area contributed by atoms with Crippen molar-refractivity contribution in [3.05, 3.63) is 24.2 Å². The Morgan fingerprint density at radius 3 is 2.48 bits per heavy atom. The molecular weight excluding hydrogens is 377 g/mol. The second kappa shape index (κ2) is 10.9. The molecule has 0 saturated carbocycles. The number of rotatable bonds is 7. The van der Waals surface area contributed by atoms with E-state index in [0.717, 1.165) is 31.2 Å². The molecule has 0 radical (unpaired) electrons. The second-order valence-electron chi connectivity index (χ2n) is 6.02. The molecule has 0 aliphatic rings. The van der Waals surface area contributed by atoms with Crippen LogP contribution in [-0.4, -0.2) is 25.1 Å². The average Bonchev–Trinajstić information content (AvgIpc) is 2.88. The van der Waals surface area contributed by atoms with Gasteiger partial charge in [0.25, 0.3) is 0 Å². The van der Waals surface area contributed by atoms with E-state index in [0.29, 0.717) is 17.9 Å². The Morgan fingerprint density at radius 1 is 1.24 bits per heavy atom. The van der Waals surface area contributed by atoms with Crippen molar-refractivity contribution >= 4 is 29.9 Å². The smallest absolute Gasteiger partial charge is 0.191 e. The van der Waals surface area contributed by atoms with Crippen LogP contribution in [0, 0.1) is 11.8 Å². The van der Waals surface area contributed by atoms with Crippen molar-refractivity contribution in [1.29, 1.82) is 0 Å². The molecule has 1 atom stereocenters. The standard InChI is InChI=1S/C16H29N3O.HI/c1-12(2)11-18-16(19-14(5)13(3)4)17-9-8-15-7-6-10-20-15;/h6-7,10,12-14H,8-9,11H2,1-5H3,(H2,17,18,19);1H. The number of guanidine groups is 1. The number of nitrogens with zero attached hydrogens (tertiary/aromatic N) is 1. The number of hydrogen-bond donors (Lipinski definition) is 2. The van der Waals surface area contributed by atoms with Crippen LogP contribution in [0.3, 0.4) is 0 Å². The Morgan fingerprint density at radius 2 is 1.95 bits per heavy atom. The van der Waals surface area contributed by atoms with Crippen molar-refractivity contribution in [2.75, 3.05) is 13.1 Å². The molecule has 0 aromatic carbocycles. The van der Waals surface area contributed by atoms with Gasteiger partial charge < -0.3 is 15.1 Å². The summed E-state index contributed by atoms with van der Waals surface area (Å²) in [4.78, 5) is 4.63. The van der Waals surface area contributed by atoms with E-state index >= 15 is 0 Å². The van der Waals surface area contributed by atoms with Gasteiger partial charge in [-0.3, -0.25) is 4.99 Å². The van der Waals surface area contributed by atoms with E-state index in [4.69, 9.17) is 4.42 Å². The molecule has 21 heavy (non-hydrogen) atoms. The summed E-state index contributed by atoms with van der Waals surface area (Å²) in [5.41, 5.74) is 0. The molecule has 0 bridgehead atoms. The highest BCUT2D eigenvalue weighted by Crippen LogP contribution is 2.01. The zero-order valence-electron chi connectivity index (χ0n) is 13.8. The van der Waals surface area contributed by atoms with E-state index in [9.17, 15) is 0 Å². The van der Waals surface area contributed by atoms with E-state index in [1.165, 1.54) is 0 Å². The first-order chi connectivity index (χ1) is 9.49. The van der Waals surface area contributed by atoms with E-state index in [1.54, 1.807) is 6.26 Å². The lowest BCUT2D eigenvalue weighted by atomic mass is 10.1. The van der Waals surface area contributed by atoms with Gasteiger partial charge in [0, 0.05) is 25.6 Å². The molecular formula is C16H30IN3O. The number of nitrogens with one attached hydrogen (secondary N) is 2. The first-order valence-corrected chi connectivity index (χ1v) is 7.56. The van der Waals surface area contributed by atoms with Crippen LogP contribution in [0.25, 0.3) is 0 Å². The summed E-state index contributed by atoms with van der Waals surface area (Å²) in [7, 11) is 0. The lowest BCUT2D eigenvalue weighted by Gasteiger charge is -2.21. The molecule has 122 valence electrons. The maximum absolute atomic E-state index is 5.33. The van der Waals surface area contributed by atoms with Crippen molar-refractivity contribution in [3.8, 4) is 0 Å². The number of aliphatic imine (C=N–C) groups is 1. The topological polar surface area (TPSA) is 49.6 Å². The maximum atomic E-state index is 5.33. The van der Waals surface area contributed by atoms with Gasteiger partial charge in [-0.25, -0.2) is 0 Å². The first-order valence-electron chi connectivity index (χ1n) is 7.56. The molecule has 1 rings (SSSR count). The number of furan rings is 1. The summed E-state index contributed by atoms with van der Waals surface area (Å²) in [6.07, 6.45) is 2.58. The van der Waals surface area contributed by atoms with Crippen molar-refractivity contribution in [3.63, 3.8) is 0 Å². The van der Waals surface area contributed by atoms with Crippen LogP contribution >= 0.6 is 24.0 Å². The third-order valence-corrected chi connectivity index (χ3v) is 3.22. The lowest BCUT2D eigenvalue weighted by molar-refractivity contribution is 0.476. The average molecular weight is 407 g/mol. The molecule has 0 fully saturated rings. The minimum atomic E-state index is 0. The van der Waals surface area contributed by atoms with Gasteiger partial charge in [0.15, 0.2) is 5.96 Å². The van der Waals surface area contributed by atoms with E-state index in [-0.39, 0.29) is 24.0 Å². The number of halogens is 1. The lowest BCUT2D eigenvalue weighted by Crippen LogP contribution is -2.45. The molecule has 1 aromatic heterocycles. The fraction of sp³-hybridized carbons (Fsp3) is 0.688. The molecule has 0 spiro atoms. The van der Waals surface area contributed by atoms with Crippen molar-refractivity contribution in [2.45, 2.75) is 47.1 Å². The van der Waals surface area contributed by atoms with Crippen LogP contribution in [0.4, 0.5) is 0 Å². The summed E-state index contributed by atoms with van der Waals surface area (Å²) < 4.78 is 5.33. The molecule has 1 unspecified atom stereocenters. The van der Waals surface area contributed by atoms with Crippen LogP contribution in [0.5, 0.6) is 0 Å².